The van der Waals surface area contributed by atoms with Crippen molar-refractivity contribution < 1.29 is 18.0 Å². The first-order valence-electron chi connectivity index (χ1n) is 8.73. The fourth-order valence-electron chi connectivity index (χ4n) is 3.02. The number of amides is 1. The van der Waals surface area contributed by atoms with Gasteiger partial charge in [0.1, 0.15) is 5.82 Å². The number of nitrogens with two attached hydrogens (primary N) is 1. The largest absolute Gasteiger partial charge is 0.375 e. The molecule has 2 aromatic carbocycles. The molecule has 1 heterocycles. The molecule has 0 aromatic heterocycles. The third-order valence-corrected chi connectivity index (χ3v) is 4.57. The van der Waals surface area contributed by atoms with Crippen molar-refractivity contribution in [2.75, 3.05) is 31.1 Å². The molecule has 3 rings (SSSR count). The van der Waals surface area contributed by atoms with Crippen molar-refractivity contribution in [2.24, 2.45) is 10.8 Å². The first-order valence-corrected chi connectivity index (χ1v) is 9.14. The van der Waals surface area contributed by atoms with Crippen LogP contribution in [-0.4, -0.2) is 48.3 Å². The summed E-state index contributed by atoms with van der Waals surface area (Å²) >= 11 is 4.57. The number of hydrogen-bond acceptors (Lipinski definition) is 4. The van der Waals surface area contributed by atoms with E-state index in [0.717, 1.165) is 6.21 Å². The number of anilines is 1. The van der Waals surface area contributed by atoms with Crippen LogP contribution < -0.4 is 16.1 Å². The topological polar surface area (TPSA) is 74.0 Å². The van der Waals surface area contributed by atoms with Crippen molar-refractivity contribution in [2.45, 2.75) is 0 Å². The van der Waals surface area contributed by atoms with Gasteiger partial charge in [-0.3, -0.25) is 10.2 Å². The van der Waals surface area contributed by atoms with Crippen molar-refractivity contribution in [3.63, 3.8) is 0 Å². The lowest BCUT2D eigenvalue weighted by Gasteiger charge is -2.36. The van der Waals surface area contributed by atoms with Crippen molar-refractivity contribution in [3.8, 4) is 0 Å². The van der Waals surface area contributed by atoms with Gasteiger partial charge in [-0.1, -0.05) is 12.1 Å². The van der Waals surface area contributed by atoms with E-state index in [2.05, 4.69) is 22.7 Å². The van der Waals surface area contributed by atoms with Gasteiger partial charge in [0.2, 0.25) is 0 Å². The predicted octanol–water partition coefficient (Wildman–Crippen LogP) is 2.23. The molecule has 10 heteroatoms. The number of rotatable bonds is 4. The molecule has 0 spiro atoms. The Labute approximate surface area is 170 Å². The molecule has 0 aliphatic carbocycles. The van der Waals surface area contributed by atoms with Crippen LogP contribution in [0.3, 0.4) is 0 Å². The lowest BCUT2D eigenvalue weighted by atomic mass is 10.1. The zero-order valence-corrected chi connectivity index (χ0v) is 16.1. The molecule has 1 fully saturated rings. The average Bonchev–Trinajstić information content (AvgIpc) is 2.71. The molecule has 29 heavy (non-hydrogen) atoms. The van der Waals surface area contributed by atoms with Gasteiger partial charge in [-0.15, -0.1) is 0 Å². The number of carbonyl (C=O) groups is 1. The molecule has 2 aromatic rings. The number of piperazine rings is 1. The fourth-order valence-corrected chi connectivity index (χ4v) is 3.07. The van der Waals surface area contributed by atoms with E-state index in [0.29, 0.717) is 0 Å². The minimum Gasteiger partial charge on any atom is -0.375 e. The second-order valence-corrected chi connectivity index (χ2v) is 6.74. The van der Waals surface area contributed by atoms with E-state index < -0.39 is 23.4 Å². The molecule has 1 aliphatic rings. The molecule has 0 bridgehead atoms. The number of hydrogen-bond donors (Lipinski definition) is 2. The summed E-state index contributed by atoms with van der Waals surface area (Å²) in [6, 6.07) is 8.57. The third-order valence-electron chi connectivity index (χ3n) is 4.48. The van der Waals surface area contributed by atoms with Crippen molar-refractivity contribution in [1.82, 2.24) is 10.3 Å². The van der Waals surface area contributed by atoms with Gasteiger partial charge in [0.05, 0.1) is 17.5 Å². The molecule has 0 saturated carbocycles. The van der Waals surface area contributed by atoms with E-state index in [9.17, 15) is 18.0 Å². The normalized spacial score (nSPS) is 14.3. The molecule has 0 unspecified atom stereocenters. The van der Waals surface area contributed by atoms with Crippen LogP contribution in [-0.2, 0) is 0 Å². The van der Waals surface area contributed by atoms with E-state index in [1.165, 1.54) is 35.2 Å². The smallest absolute Gasteiger partial charge is 0.256 e. The number of benzene rings is 2. The second kappa shape index (κ2) is 8.91. The molecule has 6 nitrogen and oxygen atoms in total. The summed E-state index contributed by atoms with van der Waals surface area (Å²) in [5, 5.41) is 3.52. The zero-order chi connectivity index (χ0) is 21.0. The standard InChI is InChI=1S/C19H18F3N5OS/c20-14-4-2-1-3-13(14)18(28)27-9-7-26(8-10-27)15-6-5-12(16(21)17(15)22)11-24-25-19(23)29/h1-6,11H,7-10H2,(H3,23,25,29)/b24-11+. The second-order valence-electron chi connectivity index (χ2n) is 6.30. The Hall–Kier alpha value is -3.14. The van der Waals surface area contributed by atoms with Crippen LogP contribution in [0.2, 0.25) is 0 Å². The lowest BCUT2D eigenvalue weighted by molar-refractivity contribution is 0.0742. The first kappa shape index (κ1) is 20.6. The Morgan fingerprint density at radius 1 is 1.07 bits per heavy atom. The third kappa shape index (κ3) is 4.65. The lowest BCUT2D eigenvalue weighted by Crippen LogP contribution is -2.49. The van der Waals surface area contributed by atoms with E-state index in [4.69, 9.17) is 5.73 Å². The summed E-state index contributed by atoms with van der Waals surface area (Å²) in [6.07, 6.45) is 1.08. The minimum absolute atomic E-state index is 0.00705. The fraction of sp³-hybridized carbons (Fsp3) is 0.211. The summed E-state index contributed by atoms with van der Waals surface area (Å²) in [4.78, 5) is 15.6. The Balaban J connectivity index is 1.68. The Kier molecular flexibility index (Phi) is 6.32. The number of nitrogens with zero attached hydrogens (tertiary/aromatic N) is 3. The number of thiocarbonyl (C=S) groups is 1. The van der Waals surface area contributed by atoms with Crippen LogP contribution >= 0.6 is 12.2 Å². The minimum atomic E-state index is -1.05. The number of nitrogens with one attached hydrogen (secondary N) is 1. The Bertz CT molecular complexity index is 961. The molecule has 1 aliphatic heterocycles. The summed E-state index contributed by atoms with van der Waals surface area (Å²) < 4.78 is 42.7. The molecule has 0 atom stereocenters. The number of halogens is 3. The Morgan fingerprint density at radius 2 is 1.76 bits per heavy atom. The monoisotopic (exact) mass is 421 g/mol. The van der Waals surface area contributed by atoms with Gasteiger partial charge in [0, 0.05) is 31.7 Å². The molecular formula is C19H18F3N5OS. The molecule has 1 saturated heterocycles. The molecule has 1 amide bonds. The highest BCUT2D eigenvalue weighted by Gasteiger charge is 2.26. The van der Waals surface area contributed by atoms with E-state index in [1.807, 2.05) is 0 Å². The SMILES string of the molecule is NC(=S)N/N=C/c1ccc(N2CCN(C(=O)c3ccccc3F)CC2)c(F)c1F. The van der Waals surface area contributed by atoms with E-state index in [-0.39, 0.29) is 48.1 Å². The molecule has 0 radical (unpaired) electrons. The van der Waals surface area contributed by atoms with Crippen LogP contribution in [0.25, 0.3) is 0 Å². The van der Waals surface area contributed by atoms with Crippen molar-refractivity contribution in [3.05, 3.63) is 65.0 Å². The van der Waals surface area contributed by atoms with Gasteiger partial charge >= 0.3 is 0 Å². The summed E-state index contributed by atoms with van der Waals surface area (Å²) in [6.45, 7) is 1.09. The van der Waals surface area contributed by atoms with E-state index in [1.54, 1.807) is 11.0 Å². The van der Waals surface area contributed by atoms with Gasteiger partial charge in [-0.2, -0.15) is 5.10 Å². The van der Waals surface area contributed by atoms with Crippen molar-refractivity contribution >= 4 is 35.1 Å². The average molecular weight is 421 g/mol. The van der Waals surface area contributed by atoms with Crippen molar-refractivity contribution in [1.29, 1.82) is 0 Å². The maximum atomic E-state index is 14.5. The summed E-state index contributed by atoms with van der Waals surface area (Å²) in [5.41, 5.74) is 7.48. The highest BCUT2D eigenvalue weighted by Crippen LogP contribution is 2.25. The predicted molar refractivity (Wildman–Crippen MR) is 108 cm³/mol. The molecule has 3 N–H and O–H groups in total. The maximum Gasteiger partial charge on any atom is 0.256 e. The molecule has 152 valence electrons. The van der Waals surface area contributed by atoms with Gasteiger partial charge in [-0.05, 0) is 36.5 Å². The van der Waals surface area contributed by atoms with E-state index >= 15 is 0 Å². The van der Waals surface area contributed by atoms with Gasteiger partial charge < -0.3 is 15.5 Å². The number of hydrazone groups is 1. The van der Waals surface area contributed by atoms with Crippen LogP contribution in [0.5, 0.6) is 0 Å². The zero-order valence-electron chi connectivity index (χ0n) is 15.2. The molecular weight excluding hydrogens is 403 g/mol. The highest BCUT2D eigenvalue weighted by molar-refractivity contribution is 7.80. The Morgan fingerprint density at radius 3 is 2.41 bits per heavy atom. The highest BCUT2D eigenvalue weighted by atomic mass is 32.1. The maximum absolute atomic E-state index is 14.5. The van der Waals surface area contributed by atoms with Gasteiger partial charge in [-0.25, -0.2) is 13.2 Å². The van der Waals surface area contributed by atoms with Crippen LogP contribution in [0, 0.1) is 17.5 Å². The van der Waals surface area contributed by atoms with Crippen LogP contribution in [0.15, 0.2) is 41.5 Å². The van der Waals surface area contributed by atoms with Gasteiger partial charge in [0.25, 0.3) is 5.91 Å². The first-order chi connectivity index (χ1) is 13.9. The van der Waals surface area contributed by atoms with Crippen LogP contribution in [0.1, 0.15) is 15.9 Å². The quantitative estimate of drug-likeness (QED) is 0.450. The van der Waals surface area contributed by atoms with Crippen LogP contribution in [0.4, 0.5) is 18.9 Å². The summed E-state index contributed by atoms with van der Waals surface area (Å²) in [7, 11) is 0. The number of carbonyl (C=O) groups excluding carboxylic acids is 1. The summed E-state index contributed by atoms with van der Waals surface area (Å²) in [5.74, 6) is -3.08. The van der Waals surface area contributed by atoms with Gasteiger partial charge in [0.15, 0.2) is 16.7 Å².